The van der Waals surface area contributed by atoms with Gasteiger partial charge in [0.25, 0.3) is 5.91 Å². The number of carbonyl (C=O) groups is 2. The van der Waals surface area contributed by atoms with Crippen molar-refractivity contribution in [3.8, 4) is 0 Å². The van der Waals surface area contributed by atoms with E-state index in [-0.39, 0.29) is 17.2 Å². The fourth-order valence-electron chi connectivity index (χ4n) is 3.10. The quantitative estimate of drug-likeness (QED) is 0.356. The highest BCUT2D eigenvalue weighted by atomic mass is 35.5. The topological polar surface area (TPSA) is 75.2 Å². The standard InChI is InChI=1S/C21H19ClN4O2S3/c1-2-29-21-25-24-20(31-21)23-18(28)14-5-7-15(8-6-14)19-26(17(27)12-30-19)11-13-3-9-16(22)10-4-13/h3-10,19H,2,11-12H2,1H3,(H,23,24,28)/t19-/m1/s1. The van der Waals surface area contributed by atoms with Crippen molar-refractivity contribution in [2.24, 2.45) is 0 Å². The summed E-state index contributed by atoms with van der Waals surface area (Å²) in [6, 6.07) is 14.9. The molecular formula is C21H19ClN4O2S3. The predicted molar refractivity (Wildman–Crippen MR) is 128 cm³/mol. The van der Waals surface area contributed by atoms with Gasteiger partial charge in [0.15, 0.2) is 4.34 Å². The minimum absolute atomic E-state index is 0.0860. The van der Waals surface area contributed by atoms with Crippen LogP contribution in [-0.2, 0) is 11.3 Å². The molecule has 1 aliphatic heterocycles. The fourth-order valence-corrected chi connectivity index (χ4v) is 6.06. The van der Waals surface area contributed by atoms with Gasteiger partial charge in [-0.05, 0) is 41.1 Å². The van der Waals surface area contributed by atoms with E-state index in [4.69, 9.17) is 11.6 Å². The van der Waals surface area contributed by atoms with Crippen LogP contribution in [0.2, 0.25) is 5.02 Å². The Morgan fingerprint density at radius 3 is 2.65 bits per heavy atom. The average molecular weight is 491 g/mol. The monoisotopic (exact) mass is 490 g/mol. The van der Waals surface area contributed by atoms with Crippen LogP contribution in [0.3, 0.4) is 0 Å². The SMILES string of the molecule is CCSc1nnc(NC(=O)c2ccc([C@H]3SCC(=O)N3Cc3ccc(Cl)cc3)cc2)s1. The molecule has 0 spiro atoms. The number of thioether (sulfide) groups is 2. The number of halogens is 1. The van der Waals surface area contributed by atoms with E-state index in [1.165, 1.54) is 11.3 Å². The van der Waals surface area contributed by atoms with E-state index < -0.39 is 0 Å². The second kappa shape index (κ2) is 10.0. The largest absolute Gasteiger partial charge is 0.322 e. The van der Waals surface area contributed by atoms with Crippen LogP contribution in [0.1, 0.15) is 33.8 Å². The van der Waals surface area contributed by atoms with Gasteiger partial charge >= 0.3 is 0 Å². The normalized spacial score (nSPS) is 16.0. The average Bonchev–Trinajstić information content (AvgIpc) is 3.36. The molecule has 1 N–H and O–H groups in total. The van der Waals surface area contributed by atoms with Crippen LogP contribution in [0.4, 0.5) is 5.13 Å². The number of benzene rings is 2. The van der Waals surface area contributed by atoms with Crippen molar-refractivity contribution in [3.05, 3.63) is 70.2 Å². The van der Waals surface area contributed by atoms with Crippen molar-refractivity contribution in [2.45, 2.75) is 23.2 Å². The summed E-state index contributed by atoms with van der Waals surface area (Å²) in [5.74, 6) is 1.21. The zero-order valence-electron chi connectivity index (χ0n) is 16.6. The summed E-state index contributed by atoms with van der Waals surface area (Å²) in [6.07, 6.45) is 0. The molecule has 0 radical (unpaired) electrons. The second-order valence-electron chi connectivity index (χ2n) is 6.69. The number of amides is 2. The number of nitrogens with zero attached hydrogens (tertiary/aromatic N) is 3. The summed E-state index contributed by atoms with van der Waals surface area (Å²) >= 11 is 10.5. The van der Waals surface area contributed by atoms with Gasteiger partial charge in [-0.1, -0.05) is 65.9 Å². The van der Waals surface area contributed by atoms with Crippen LogP contribution in [0.15, 0.2) is 52.9 Å². The van der Waals surface area contributed by atoms with Gasteiger partial charge in [-0.25, -0.2) is 0 Å². The number of anilines is 1. The maximum Gasteiger partial charge on any atom is 0.257 e. The highest BCUT2D eigenvalue weighted by Crippen LogP contribution is 2.39. The van der Waals surface area contributed by atoms with Crippen molar-refractivity contribution in [2.75, 3.05) is 16.8 Å². The third-order valence-electron chi connectivity index (χ3n) is 4.59. The molecule has 2 amide bonds. The molecule has 160 valence electrons. The first-order valence-electron chi connectivity index (χ1n) is 9.56. The third-order valence-corrected chi connectivity index (χ3v) is 7.95. The molecular weight excluding hydrogens is 472 g/mol. The van der Waals surface area contributed by atoms with Crippen LogP contribution in [0, 0.1) is 0 Å². The Kier molecular flexibility index (Phi) is 7.16. The number of hydrogen-bond donors (Lipinski definition) is 1. The minimum atomic E-state index is -0.232. The van der Waals surface area contributed by atoms with Crippen molar-refractivity contribution in [3.63, 3.8) is 0 Å². The smallest absolute Gasteiger partial charge is 0.257 e. The number of hydrogen-bond acceptors (Lipinski definition) is 7. The Bertz CT molecular complexity index is 1070. The Balaban J connectivity index is 1.44. The molecule has 6 nitrogen and oxygen atoms in total. The second-order valence-corrected chi connectivity index (χ2v) is 10.7. The molecule has 0 saturated carbocycles. The molecule has 1 aromatic heterocycles. The number of aromatic nitrogens is 2. The molecule has 1 aliphatic rings. The molecule has 0 unspecified atom stereocenters. The zero-order chi connectivity index (χ0) is 21.8. The molecule has 0 bridgehead atoms. The third kappa shape index (κ3) is 5.41. The molecule has 3 aromatic rings. The summed E-state index contributed by atoms with van der Waals surface area (Å²) in [6.45, 7) is 2.56. The summed E-state index contributed by atoms with van der Waals surface area (Å²) in [5.41, 5.74) is 2.54. The molecule has 10 heteroatoms. The van der Waals surface area contributed by atoms with Gasteiger partial charge in [0.1, 0.15) is 5.37 Å². The first-order chi connectivity index (χ1) is 15.0. The van der Waals surface area contributed by atoms with Gasteiger partial charge < -0.3 is 4.90 Å². The molecule has 1 saturated heterocycles. The van der Waals surface area contributed by atoms with Gasteiger partial charge in [0.2, 0.25) is 11.0 Å². The lowest BCUT2D eigenvalue weighted by molar-refractivity contribution is -0.128. The molecule has 2 aromatic carbocycles. The van der Waals surface area contributed by atoms with Gasteiger partial charge in [-0.3, -0.25) is 14.9 Å². The Morgan fingerprint density at radius 1 is 1.19 bits per heavy atom. The van der Waals surface area contributed by atoms with Crippen LogP contribution in [-0.4, -0.2) is 38.4 Å². The Morgan fingerprint density at radius 2 is 1.94 bits per heavy atom. The van der Waals surface area contributed by atoms with Gasteiger partial charge in [-0.2, -0.15) is 0 Å². The van der Waals surface area contributed by atoms with Crippen LogP contribution < -0.4 is 5.32 Å². The van der Waals surface area contributed by atoms with Crippen LogP contribution in [0.25, 0.3) is 0 Å². The first-order valence-corrected chi connectivity index (χ1v) is 12.8. The molecule has 1 atom stereocenters. The lowest BCUT2D eigenvalue weighted by Gasteiger charge is -2.24. The van der Waals surface area contributed by atoms with E-state index in [1.807, 2.05) is 48.2 Å². The Labute approximate surface area is 197 Å². The van der Waals surface area contributed by atoms with Crippen LogP contribution >= 0.6 is 46.5 Å². The van der Waals surface area contributed by atoms with Gasteiger partial charge in [0.05, 0.1) is 5.75 Å². The van der Waals surface area contributed by atoms with E-state index in [9.17, 15) is 9.59 Å². The van der Waals surface area contributed by atoms with Crippen molar-refractivity contribution >= 4 is 63.4 Å². The summed E-state index contributed by atoms with van der Waals surface area (Å²) in [5, 5.41) is 11.9. The van der Waals surface area contributed by atoms with E-state index in [1.54, 1.807) is 35.7 Å². The summed E-state index contributed by atoms with van der Waals surface area (Å²) in [7, 11) is 0. The summed E-state index contributed by atoms with van der Waals surface area (Å²) < 4.78 is 0.830. The number of rotatable bonds is 7. The Hall–Kier alpha value is -2.07. The lowest BCUT2D eigenvalue weighted by atomic mass is 10.1. The molecule has 1 fully saturated rings. The van der Waals surface area contributed by atoms with Gasteiger partial charge in [-0.15, -0.1) is 22.0 Å². The van der Waals surface area contributed by atoms with E-state index in [0.717, 1.165) is 21.2 Å². The lowest BCUT2D eigenvalue weighted by Crippen LogP contribution is -2.27. The molecule has 0 aliphatic carbocycles. The van der Waals surface area contributed by atoms with E-state index in [0.29, 0.717) is 28.0 Å². The maximum absolute atomic E-state index is 12.5. The fraction of sp³-hybridized carbons (Fsp3) is 0.238. The molecule has 4 rings (SSSR count). The van der Waals surface area contributed by atoms with Crippen LogP contribution in [0.5, 0.6) is 0 Å². The minimum Gasteiger partial charge on any atom is -0.322 e. The number of nitrogens with one attached hydrogen (secondary N) is 1. The zero-order valence-corrected chi connectivity index (χ0v) is 19.8. The first kappa shape index (κ1) is 22.1. The predicted octanol–water partition coefficient (Wildman–Crippen LogP) is 5.33. The van der Waals surface area contributed by atoms with E-state index >= 15 is 0 Å². The molecule has 2 heterocycles. The number of carbonyl (C=O) groups excluding carboxylic acids is 2. The van der Waals surface area contributed by atoms with Crippen molar-refractivity contribution in [1.82, 2.24) is 15.1 Å². The highest BCUT2D eigenvalue weighted by Gasteiger charge is 2.32. The highest BCUT2D eigenvalue weighted by molar-refractivity contribution is 8.01. The van der Waals surface area contributed by atoms with Gasteiger partial charge in [0, 0.05) is 17.1 Å². The molecule has 31 heavy (non-hydrogen) atoms. The maximum atomic E-state index is 12.5. The van der Waals surface area contributed by atoms with Crippen molar-refractivity contribution in [1.29, 1.82) is 0 Å². The van der Waals surface area contributed by atoms with Crippen molar-refractivity contribution < 1.29 is 9.59 Å². The summed E-state index contributed by atoms with van der Waals surface area (Å²) in [4.78, 5) is 26.9. The van der Waals surface area contributed by atoms with E-state index in [2.05, 4.69) is 15.5 Å².